The van der Waals surface area contributed by atoms with E-state index < -0.39 is 0 Å². The van der Waals surface area contributed by atoms with Gasteiger partial charge in [0.15, 0.2) is 0 Å². The summed E-state index contributed by atoms with van der Waals surface area (Å²) in [7, 11) is 6.05. The fraction of sp³-hybridized carbons (Fsp3) is 1.00. The van der Waals surface area contributed by atoms with Crippen LogP contribution in [-0.2, 0) is 4.74 Å². The highest BCUT2D eigenvalue weighted by molar-refractivity contribution is 4.75. The summed E-state index contributed by atoms with van der Waals surface area (Å²) in [5, 5.41) is 3.44. The van der Waals surface area contributed by atoms with Gasteiger partial charge in [-0.3, -0.25) is 4.90 Å². The van der Waals surface area contributed by atoms with Crippen molar-refractivity contribution in [3.05, 3.63) is 0 Å². The molecule has 0 aromatic rings. The van der Waals surface area contributed by atoms with E-state index in [9.17, 15) is 0 Å². The van der Waals surface area contributed by atoms with Gasteiger partial charge in [0.25, 0.3) is 0 Å². The highest BCUT2D eigenvalue weighted by Gasteiger charge is 2.18. The Hall–Kier alpha value is -0.160. The summed E-state index contributed by atoms with van der Waals surface area (Å²) in [4.78, 5) is 4.79. The number of hydrogen-bond acceptors (Lipinski definition) is 4. The van der Waals surface area contributed by atoms with E-state index in [2.05, 4.69) is 50.0 Å². The fourth-order valence-corrected chi connectivity index (χ4v) is 2.02. The molecular formula is C14H33N3O. The van der Waals surface area contributed by atoms with Crippen molar-refractivity contribution in [1.82, 2.24) is 15.1 Å². The maximum Gasteiger partial charge on any atom is 0.0630 e. The molecule has 0 rings (SSSR count). The standard InChI is InChI=1S/C14H33N3O/c1-7-15-10-14(12-18-6)17(11-13(2)3)9-8-16(4)5/h13-15H,7-12H2,1-6H3. The number of nitrogens with zero attached hydrogens (tertiary/aromatic N) is 2. The summed E-state index contributed by atoms with van der Waals surface area (Å²) < 4.78 is 5.38. The van der Waals surface area contributed by atoms with E-state index in [-0.39, 0.29) is 0 Å². The molecule has 0 amide bonds. The minimum Gasteiger partial charge on any atom is -0.383 e. The van der Waals surface area contributed by atoms with Crippen molar-refractivity contribution in [3.63, 3.8) is 0 Å². The van der Waals surface area contributed by atoms with Crippen LogP contribution < -0.4 is 5.32 Å². The number of likely N-dealkylation sites (N-methyl/N-ethyl adjacent to an activating group) is 2. The van der Waals surface area contributed by atoms with E-state index in [1.54, 1.807) is 7.11 Å². The molecule has 0 aliphatic rings. The van der Waals surface area contributed by atoms with Gasteiger partial charge in [-0.15, -0.1) is 0 Å². The molecule has 1 N–H and O–H groups in total. The van der Waals surface area contributed by atoms with Crippen molar-refractivity contribution in [2.75, 3.05) is 60.5 Å². The summed E-state index contributed by atoms with van der Waals surface area (Å²) in [5.74, 6) is 0.688. The molecule has 0 saturated carbocycles. The van der Waals surface area contributed by atoms with Crippen LogP contribution in [0.1, 0.15) is 20.8 Å². The molecular weight excluding hydrogens is 226 g/mol. The van der Waals surface area contributed by atoms with E-state index in [4.69, 9.17) is 4.74 Å². The summed E-state index contributed by atoms with van der Waals surface area (Å²) in [5.41, 5.74) is 0. The topological polar surface area (TPSA) is 27.7 Å². The number of nitrogens with one attached hydrogen (secondary N) is 1. The Morgan fingerprint density at radius 2 is 1.83 bits per heavy atom. The highest BCUT2D eigenvalue weighted by Crippen LogP contribution is 2.05. The molecule has 0 aliphatic heterocycles. The van der Waals surface area contributed by atoms with Gasteiger partial charge in [-0.05, 0) is 26.6 Å². The second-order valence-corrected chi connectivity index (χ2v) is 5.61. The molecule has 18 heavy (non-hydrogen) atoms. The molecule has 110 valence electrons. The summed E-state index contributed by atoms with van der Waals surface area (Å²) in [6, 6.07) is 0.470. The van der Waals surface area contributed by atoms with Crippen LogP contribution in [0.5, 0.6) is 0 Å². The lowest BCUT2D eigenvalue weighted by Crippen LogP contribution is -2.48. The highest BCUT2D eigenvalue weighted by atomic mass is 16.5. The lowest BCUT2D eigenvalue weighted by atomic mass is 10.1. The van der Waals surface area contributed by atoms with Crippen LogP contribution in [0.2, 0.25) is 0 Å². The second-order valence-electron chi connectivity index (χ2n) is 5.61. The molecule has 0 saturated heterocycles. The zero-order chi connectivity index (χ0) is 14.0. The van der Waals surface area contributed by atoms with Crippen molar-refractivity contribution >= 4 is 0 Å². The Morgan fingerprint density at radius 3 is 2.28 bits per heavy atom. The molecule has 1 atom stereocenters. The first-order valence-corrected chi connectivity index (χ1v) is 7.09. The smallest absolute Gasteiger partial charge is 0.0630 e. The van der Waals surface area contributed by atoms with E-state index >= 15 is 0 Å². The van der Waals surface area contributed by atoms with Crippen LogP contribution in [0, 0.1) is 5.92 Å². The summed E-state index contributed by atoms with van der Waals surface area (Å²) in [6.07, 6.45) is 0. The zero-order valence-electron chi connectivity index (χ0n) is 13.2. The molecule has 1 unspecified atom stereocenters. The molecule has 0 spiro atoms. The Kier molecular flexibility index (Phi) is 10.6. The van der Waals surface area contributed by atoms with Crippen LogP contribution in [0.3, 0.4) is 0 Å². The largest absolute Gasteiger partial charge is 0.383 e. The van der Waals surface area contributed by atoms with Crippen molar-refractivity contribution in [3.8, 4) is 0 Å². The van der Waals surface area contributed by atoms with Crippen molar-refractivity contribution in [1.29, 1.82) is 0 Å². The van der Waals surface area contributed by atoms with Gasteiger partial charge >= 0.3 is 0 Å². The minimum atomic E-state index is 0.470. The third kappa shape index (κ3) is 8.86. The maximum absolute atomic E-state index is 5.38. The number of ether oxygens (including phenoxy) is 1. The molecule has 4 nitrogen and oxygen atoms in total. The quantitative estimate of drug-likeness (QED) is 0.602. The summed E-state index contributed by atoms with van der Waals surface area (Å²) in [6.45, 7) is 12.9. The van der Waals surface area contributed by atoms with E-state index in [1.807, 2.05) is 0 Å². The molecule has 4 heteroatoms. The van der Waals surface area contributed by atoms with Crippen molar-refractivity contribution in [2.24, 2.45) is 5.92 Å². The van der Waals surface area contributed by atoms with Gasteiger partial charge < -0.3 is 15.0 Å². The third-order valence-electron chi connectivity index (χ3n) is 2.94. The third-order valence-corrected chi connectivity index (χ3v) is 2.94. The van der Waals surface area contributed by atoms with E-state index in [0.717, 1.165) is 39.3 Å². The molecule has 0 heterocycles. The zero-order valence-corrected chi connectivity index (χ0v) is 13.2. The SMILES string of the molecule is CCNCC(COC)N(CCN(C)C)CC(C)C. The first kappa shape index (κ1) is 17.8. The van der Waals surface area contributed by atoms with Gasteiger partial charge in [0.1, 0.15) is 0 Å². The monoisotopic (exact) mass is 259 g/mol. The van der Waals surface area contributed by atoms with Gasteiger partial charge in [-0.25, -0.2) is 0 Å². The number of methoxy groups -OCH3 is 1. The molecule has 0 aromatic carbocycles. The molecule has 0 aliphatic carbocycles. The number of rotatable bonds is 11. The summed E-state index contributed by atoms with van der Waals surface area (Å²) >= 11 is 0. The Bertz CT molecular complexity index is 186. The predicted octanol–water partition coefficient (Wildman–Crippen LogP) is 1.13. The van der Waals surface area contributed by atoms with Gasteiger partial charge in [0.2, 0.25) is 0 Å². The predicted molar refractivity (Wildman–Crippen MR) is 79.2 cm³/mol. The normalized spacial score (nSPS) is 13.8. The van der Waals surface area contributed by atoms with Gasteiger partial charge in [0, 0.05) is 39.3 Å². The van der Waals surface area contributed by atoms with Gasteiger partial charge in [-0.1, -0.05) is 20.8 Å². The Morgan fingerprint density at radius 1 is 1.17 bits per heavy atom. The lowest BCUT2D eigenvalue weighted by molar-refractivity contribution is 0.0770. The van der Waals surface area contributed by atoms with Crippen LogP contribution >= 0.6 is 0 Å². The van der Waals surface area contributed by atoms with Crippen LogP contribution in [0.4, 0.5) is 0 Å². The molecule has 0 bridgehead atoms. The number of hydrogen-bond donors (Lipinski definition) is 1. The molecule has 0 radical (unpaired) electrons. The average Bonchev–Trinajstić information content (AvgIpc) is 2.29. The first-order valence-electron chi connectivity index (χ1n) is 7.09. The lowest BCUT2D eigenvalue weighted by Gasteiger charge is -2.33. The van der Waals surface area contributed by atoms with Crippen LogP contribution in [0.25, 0.3) is 0 Å². The molecule has 0 aromatic heterocycles. The minimum absolute atomic E-state index is 0.470. The molecule has 0 fully saturated rings. The van der Waals surface area contributed by atoms with Crippen LogP contribution in [-0.4, -0.2) is 76.4 Å². The second kappa shape index (κ2) is 10.7. The maximum atomic E-state index is 5.38. The van der Waals surface area contributed by atoms with Gasteiger partial charge in [0.05, 0.1) is 6.61 Å². The fourth-order valence-electron chi connectivity index (χ4n) is 2.02. The van der Waals surface area contributed by atoms with E-state index in [0.29, 0.717) is 12.0 Å². The van der Waals surface area contributed by atoms with Crippen molar-refractivity contribution < 1.29 is 4.74 Å². The van der Waals surface area contributed by atoms with Crippen LogP contribution in [0.15, 0.2) is 0 Å². The Balaban J connectivity index is 4.41. The first-order chi connectivity index (χ1) is 8.51. The Labute approximate surface area is 114 Å². The van der Waals surface area contributed by atoms with Crippen molar-refractivity contribution in [2.45, 2.75) is 26.8 Å². The van der Waals surface area contributed by atoms with E-state index in [1.165, 1.54) is 0 Å². The van der Waals surface area contributed by atoms with Gasteiger partial charge in [-0.2, -0.15) is 0 Å². The average molecular weight is 259 g/mol.